The number of aromatic nitrogens is 6. The van der Waals surface area contributed by atoms with Gasteiger partial charge in [0.05, 0.1) is 11.6 Å². The molecule has 0 amide bonds. The van der Waals surface area contributed by atoms with Gasteiger partial charge in [-0.15, -0.1) is 10.2 Å². The molecular weight excluding hydrogens is 466 g/mol. The molecule has 9 nitrogen and oxygen atoms in total. The Morgan fingerprint density at radius 1 is 1.00 bits per heavy atom. The third-order valence-electron chi connectivity index (χ3n) is 7.26. The summed E-state index contributed by atoms with van der Waals surface area (Å²) in [6.07, 6.45) is 9.59. The Kier molecular flexibility index (Phi) is 8.42. The minimum Gasteiger partial charge on any atom is -0.407 e. The average molecular weight is 504 g/mol. The number of para-hydroxylation sites is 2. The van der Waals surface area contributed by atoms with Crippen LogP contribution in [0, 0.1) is 0 Å². The minimum atomic E-state index is -0.0139. The van der Waals surface area contributed by atoms with E-state index in [0.29, 0.717) is 5.82 Å². The van der Waals surface area contributed by atoms with Crippen molar-refractivity contribution in [1.29, 1.82) is 0 Å². The molecule has 3 heterocycles. The number of hydrogen-bond donors (Lipinski definition) is 2. The van der Waals surface area contributed by atoms with Crippen LogP contribution in [-0.2, 0) is 4.74 Å². The highest BCUT2D eigenvalue weighted by Gasteiger charge is 2.33. The van der Waals surface area contributed by atoms with Gasteiger partial charge in [0.2, 0.25) is 5.82 Å². The van der Waals surface area contributed by atoms with E-state index in [4.69, 9.17) is 14.6 Å². The van der Waals surface area contributed by atoms with E-state index in [-0.39, 0.29) is 18.2 Å². The van der Waals surface area contributed by atoms with Crippen molar-refractivity contribution < 1.29 is 9.57 Å². The Labute approximate surface area is 217 Å². The molecule has 9 heteroatoms. The van der Waals surface area contributed by atoms with E-state index in [1.54, 1.807) is 7.11 Å². The number of nitrogens with zero attached hydrogens (tertiary/aromatic N) is 5. The largest absolute Gasteiger partial charge is 0.407 e. The lowest BCUT2D eigenvalue weighted by Gasteiger charge is -2.26. The smallest absolute Gasteiger partial charge is 0.205 e. The average Bonchev–Trinajstić information content (AvgIpc) is 3.70. The highest BCUT2D eigenvalue weighted by Crippen LogP contribution is 2.32. The van der Waals surface area contributed by atoms with Crippen LogP contribution >= 0.6 is 0 Å². The number of ether oxygens (including phenoxy) is 1. The summed E-state index contributed by atoms with van der Waals surface area (Å²) in [5, 5.41) is 18.4. The molecule has 2 aromatic heterocycles. The van der Waals surface area contributed by atoms with Gasteiger partial charge in [0.1, 0.15) is 11.6 Å². The number of unbranched alkanes of at least 4 members (excludes halogenated alkanes) is 5. The van der Waals surface area contributed by atoms with E-state index in [1.807, 2.05) is 47.2 Å². The topological polar surface area (TPSA) is 103 Å². The van der Waals surface area contributed by atoms with Crippen LogP contribution in [-0.4, -0.2) is 62.2 Å². The summed E-state index contributed by atoms with van der Waals surface area (Å²) in [5.74, 6) is 1.26. The zero-order valence-corrected chi connectivity index (χ0v) is 21.8. The number of aromatic amines is 1. The van der Waals surface area contributed by atoms with Crippen LogP contribution < -0.4 is 10.2 Å². The van der Waals surface area contributed by atoms with Gasteiger partial charge >= 0.3 is 0 Å². The molecule has 3 atom stereocenters. The number of methoxy groups -OCH3 is 1. The first kappa shape index (κ1) is 25.4. The molecule has 196 valence electrons. The summed E-state index contributed by atoms with van der Waals surface area (Å²) in [5.41, 5.74) is 3.57. The molecule has 0 aliphatic carbocycles. The van der Waals surface area contributed by atoms with Gasteiger partial charge in [-0.2, -0.15) is 9.94 Å². The number of fused-ring (bicyclic) bond motifs is 1. The zero-order chi connectivity index (χ0) is 25.5. The summed E-state index contributed by atoms with van der Waals surface area (Å²) in [7, 11) is 1.79. The number of H-pyrrole nitrogens is 1. The van der Waals surface area contributed by atoms with Crippen LogP contribution in [0.4, 0.5) is 0 Å². The predicted octanol–water partition coefficient (Wildman–Crippen LogP) is 4.81. The van der Waals surface area contributed by atoms with Crippen LogP contribution in [0.1, 0.15) is 58.3 Å². The van der Waals surface area contributed by atoms with E-state index in [1.165, 1.54) is 32.1 Å². The molecule has 1 fully saturated rings. The van der Waals surface area contributed by atoms with E-state index >= 15 is 0 Å². The second-order valence-electron chi connectivity index (χ2n) is 9.81. The lowest BCUT2D eigenvalue weighted by molar-refractivity contribution is 0.0149. The molecule has 2 N–H and O–H groups in total. The Hall–Kier alpha value is -3.30. The van der Waals surface area contributed by atoms with Gasteiger partial charge in [0.25, 0.3) is 0 Å². The van der Waals surface area contributed by atoms with Crippen molar-refractivity contribution in [2.45, 2.75) is 76.5 Å². The van der Waals surface area contributed by atoms with Gasteiger partial charge in [-0.25, -0.2) is 4.98 Å². The molecule has 0 bridgehead atoms. The van der Waals surface area contributed by atoms with E-state index in [9.17, 15) is 0 Å². The first-order valence-electron chi connectivity index (χ1n) is 13.5. The number of imidazole rings is 1. The Morgan fingerprint density at radius 3 is 2.57 bits per heavy atom. The van der Waals surface area contributed by atoms with E-state index in [2.05, 4.69) is 38.9 Å². The monoisotopic (exact) mass is 503 g/mol. The Balaban J connectivity index is 1.47. The highest BCUT2D eigenvalue weighted by molar-refractivity contribution is 5.84. The van der Waals surface area contributed by atoms with Crippen LogP contribution in [0.2, 0.25) is 0 Å². The van der Waals surface area contributed by atoms with Crippen molar-refractivity contribution in [3.05, 3.63) is 48.5 Å². The molecule has 37 heavy (non-hydrogen) atoms. The van der Waals surface area contributed by atoms with Gasteiger partial charge in [-0.1, -0.05) is 75.4 Å². The molecule has 4 aromatic rings. The van der Waals surface area contributed by atoms with Crippen molar-refractivity contribution in [3.8, 4) is 22.8 Å². The van der Waals surface area contributed by atoms with Crippen LogP contribution in [0.15, 0.2) is 48.5 Å². The molecule has 1 unspecified atom stereocenters. The van der Waals surface area contributed by atoms with Crippen molar-refractivity contribution in [2.24, 2.45) is 0 Å². The van der Waals surface area contributed by atoms with E-state index < -0.39 is 0 Å². The zero-order valence-electron chi connectivity index (χ0n) is 21.8. The summed E-state index contributed by atoms with van der Waals surface area (Å²) in [6, 6.07) is 16.3. The fraction of sp³-hybridized carbons (Fsp3) is 0.500. The standard InChI is InChI=1S/C28H37N7O2/c1-3-4-5-6-7-8-17-26(24-18-20(36-2)19-29-24)37-35-25-16-12-11-15-23(25)30-28(35)22-14-10-9-13-21(22)27-31-33-34-32-27/h9-16,20,24,26,29H,3-8,17-19H2,1-2H3,(H,31,32,33,34)/t20-,24-,26?/m0/s1. The fourth-order valence-corrected chi connectivity index (χ4v) is 5.21. The molecule has 1 aliphatic heterocycles. The molecule has 1 aliphatic rings. The summed E-state index contributed by atoms with van der Waals surface area (Å²) in [4.78, 5) is 11.9. The van der Waals surface area contributed by atoms with Crippen molar-refractivity contribution in [2.75, 3.05) is 13.7 Å². The van der Waals surface area contributed by atoms with Crippen molar-refractivity contribution in [3.63, 3.8) is 0 Å². The minimum absolute atomic E-state index is 0.0139. The first-order valence-corrected chi connectivity index (χ1v) is 13.5. The number of nitrogens with one attached hydrogen (secondary N) is 2. The number of tetrazole rings is 1. The van der Waals surface area contributed by atoms with Gasteiger partial charge in [-0.05, 0) is 36.6 Å². The lowest BCUT2D eigenvalue weighted by atomic mass is 10.0. The maximum absolute atomic E-state index is 6.90. The molecule has 0 radical (unpaired) electrons. The van der Waals surface area contributed by atoms with Crippen molar-refractivity contribution in [1.82, 2.24) is 35.7 Å². The lowest BCUT2D eigenvalue weighted by Crippen LogP contribution is -2.42. The number of rotatable bonds is 13. The number of hydrogen-bond acceptors (Lipinski definition) is 7. The predicted molar refractivity (Wildman–Crippen MR) is 144 cm³/mol. The molecule has 5 rings (SSSR count). The van der Waals surface area contributed by atoms with Gasteiger partial charge in [0.15, 0.2) is 5.82 Å². The SMILES string of the molecule is CCCCCCCCC(On1c(-c2ccccc2-c2nn[nH]n2)nc2ccccc21)[C@@H]1C[C@H](OC)CN1. The maximum atomic E-state index is 6.90. The van der Waals surface area contributed by atoms with E-state index in [0.717, 1.165) is 53.8 Å². The molecule has 1 saturated heterocycles. The van der Waals surface area contributed by atoms with Gasteiger partial charge in [-0.3, -0.25) is 0 Å². The van der Waals surface area contributed by atoms with Crippen molar-refractivity contribution >= 4 is 11.0 Å². The highest BCUT2D eigenvalue weighted by atomic mass is 16.7. The summed E-state index contributed by atoms with van der Waals surface area (Å²) in [6.45, 7) is 3.10. The molecule has 0 saturated carbocycles. The molecule has 0 spiro atoms. The third-order valence-corrected chi connectivity index (χ3v) is 7.26. The van der Waals surface area contributed by atoms with Gasteiger partial charge < -0.3 is 14.9 Å². The Morgan fingerprint density at radius 2 is 1.78 bits per heavy atom. The second kappa shape index (κ2) is 12.3. The van der Waals surface area contributed by atoms with Gasteiger partial charge in [0, 0.05) is 30.8 Å². The molecular formula is C28H37N7O2. The normalized spacial score (nSPS) is 18.4. The second-order valence-corrected chi connectivity index (χ2v) is 9.81. The quantitative estimate of drug-likeness (QED) is 0.252. The fourth-order valence-electron chi connectivity index (χ4n) is 5.21. The summed E-state index contributed by atoms with van der Waals surface area (Å²) < 4.78 is 7.57. The maximum Gasteiger partial charge on any atom is 0.205 e. The number of benzene rings is 2. The van der Waals surface area contributed by atoms with Crippen LogP contribution in [0.5, 0.6) is 0 Å². The van der Waals surface area contributed by atoms with Crippen LogP contribution in [0.25, 0.3) is 33.8 Å². The molecule has 2 aromatic carbocycles. The first-order chi connectivity index (χ1) is 18.3. The van der Waals surface area contributed by atoms with Crippen LogP contribution in [0.3, 0.4) is 0 Å². The Bertz CT molecular complexity index is 1260. The third kappa shape index (κ3) is 5.83. The summed E-state index contributed by atoms with van der Waals surface area (Å²) >= 11 is 0.